The third kappa shape index (κ3) is 3.16. The summed E-state index contributed by atoms with van der Waals surface area (Å²) in [5, 5.41) is 13.4. The topological polar surface area (TPSA) is 66.6 Å². The lowest BCUT2D eigenvalue weighted by Gasteiger charge is -2.32. The maximum atomic E-state index is 12.9. The predicted octanol–water partition coefficient (Wildman–Crippen LogP) is 3.83. The number of nitrogens with zero attached hydrogens (tertiary/aromatic N) is 2. The Morgan fingerprint density at radius 3 is 2.46 bits per heavy atom. The molecule has 24 heavy (non-hydrogen) atoms. The molecule has 3 rings (SSSR count). The van der Waals surface area contributed by atoms with Crippen LogP contribution < -0.4 is 0 Å². The highest BCUT2D eigenvalue weighted by Gasteiger charge is 2.30. The molecule has 5 heteroatoms. The second-order valence-corrected chi connectivity index (χ2v) is 6.82. The first-order valence-electron chi connectivity index (χ1n) is 8.51. The van der Waals surface area contributed by atoms with Crippen LogP contribution in [-0.2, 0) is 0 Å². The molecule has 0 bridgehead atoms. The quantitative estimate of drug-likeness (QED) is 0.930. The zero-order valence-corrected chi connectivity index (χ0v) is 14.5. The first-order valence-corrected chi connectivity index (χ1v) is 8.51. The molecular weight excluding hydrogens is 304 g/mol. The molecule has 128 valence electrons. The minimum absolute atomic E-state index is 0.0293. The number of benzene rings is 1. The molecule has 1 aliphatic rings. The predicted molar refractivity (Wildman–Crippen MR) is 91.3 cm³/mol. The summed E-state index contributed by atoms with van der Waals surface area (Å²) in [6.07, 6.45) is 1.86. The molecule has 1 saturated heterocycles. The van der Waals surface area contributed by atoms with Crippen molar-refractivity contribution in [3.05, 3.63) is 46.8 Å². The van der Waals surface area contributed by atoms with Gasteiger partial charge in [0.1, 0.15) is 11.3 Å². The van der Waals surface area contributed by atoms with Crippen molar-refractivity contribution in [2.75, 3.05) is 13.1 Å². The molecule has 1 fully saturated rings. The molecule has 0 atom stereocenters. The van der Waals surface area contributed by atoms with E-state index < -0.39 is 0 Å². The summed E-state index contributed by atoms with van der Waals surface area (Å²) in [4.78, 5) is 14.8. The number of rotatable bonds is 3. The summed E-state index contributed by atoms with van der Waals surface area (Å²) in [7, 11) is 0. The van der Waals surface area contributed by atoms with Gasteiger partial charge in [-0.1, -0.05) is 31.1 Å². The van der Waals surface area contributed by atoms with Crippen LogP contribution in [0.4, 0.5) is 0 Å². The average Bonchev–Trinajstić information content (AvgIpc) is 2.97. The van der Waals surface area contributed by atoms with Gasteiger partial charge in [-0.05, 0) is 43.4 Å². The number of hydrogen-bond acceptors (Lipinski definition) is 4. The molecule has 1 aromatic heterocycles. The van der Waals surface area contributed by atoms with E-state index >= 15 is 0 Å². The molecule has 0 spiro atoms. The number of phenolic OH excluding ortho intramolecular Hbond substituents is 1. The molecule has 1 amide bonds. The van der Waals surface area contributed by atoms with Crippen LogP contribution >= 0.6 is 0 Å². The van der Waals surface area contributed by atoms with E-state index in [-0.39, 0.29) is 17.6 Å². The molecule has 0 aliphatic carbocycles. The van der Waals surface area contributed by atoms with Crippen molar-refractivity contribution >= 4 is 5.91 Å². The summed E-state index contributed by atoms with van der Waals surface area (Å²) < 4.78 is 5.35. The summed E-state index contributed by atoms with van der Waals surface area (Å²) >= 11 is 0. The number of hydrogen-bond donors (Lipinski definition) is 1. The second-order valence-electron chi connectivity index (χ2n) is 6.82. The number of piperidine rings is 1. The van der Waals surface area contributed by atoms with Gasteiger partial charge in [-0.2, -0.15) is 0 Å². The number of carbonyl (C=O) groups excluding carboxylic acids is 1. The van der Waals surface area contributed by atoms with E-state index in [1.807, 2.05) is 37.8 Å². The third-order valence-electron chi connectivity index (χ3n) is 4.77. The van der Waals surface area contributed by atoms with Crippen LogP contribution in [0.1, 0.15) is 65.9 Å². The molecule has 2 heterocycles. The van der Waals surface area contributed by atoms with Gasteiger partial charge >= 0.3 is 0 Å². The molecule has 1 aliphatic heterocycles. The fourth-order valence-electron chi connectivity index (χ4n) is 3.36. The second kappa shape index (κ2) is 6.67. The van der Waals surface area contributed by atoms with E-state index in [0.717, 1.165) is 25.9 Å². The molecular formula is C19H24N2O3. The summed E-state index contributed by atoms with van der Waals surface area (Å²) in [5.74, 6) is 1.57. The number of aromatic hydroxyl groups is 1. The first-order chi connectivity index (χ1) is 11.5. The first kappa shape index (κ1) is 16.6. The Morgan fingerprint density at radius 1 is 1.25 bits per heavy atom. The fraction of sp³-hybridized carbons (Fsp3) is 0.474. The molecule has 5 nitrogen and oxygen atoms in total. The SMILES string of the molecule is Cc1noc(C(C)C)c1C(=O)N1CCC(c2ccc(O)cc2)CC1. The maximum absolute atomic E-state index is 12.9. The van der Waals surface area contributed by atoms with E-state index in [9.17, 15) is 9.90 Å². The Morgan fingerprint density at radius 2 is 1.88 bits per heavy atom. The van der Waals surface area contributed by atoms with Gasteiger partial charge in [0.05, 0.1) is 5.69 Å². The normalized spacial score (nSPS) is 15.9. The van der Waals surface area contributed by atoms with Crippen LogP contribution in [0.2, 0.25) is 0 Å². The van der Waals surface area contributed by atoms with Crippen molar-refractivity contribution in [2.24, 2.45) is 0 Å². The van der Waals surface area contributed by atoms with Crippen molar-refractivity contribution < 1.29 is 14.4 Å². The standard InChI is InChI=1S/C19H24N2O3/c1-12(2)18-17(13(3)20-24-18)19(23)21-10-8-15(9-11-21)14-4-6-16(22)7-5-14/h4-7,12,15,22H,8-11H2,1-3H3. The highest BCUT2D eigenvalue weighted by Crippen LogP contribution is 2.31. The number of aromatic nitrogens is 1. The van der Waals surface area contributed by atoms with Gasteiger partial charge in [-0.3, -0.25) is 4.79 Å². The summed E-state index contributed by atoms with van der Waals surface area (Å²) in [6, 6.07) is 7.39. The molecule has 2 aromatic rings. The average molecular weight is 328 g/mol. The minimum atomic E-state index is 0.0293. The Hall–Kier alpha value is -2.30. The number of phenols is 1. The van der Waals surface area contributed by atoms with Crippen LogP contribution in [-0.4, -0.2) is 34.2 Å². The zero-order chi connectivity index (χ0) is 17.3. The van der Waals surface area contributed by atoms with Crippen molar-refractivity contribution in [3.63, 3.8) is 0 Å². The molecule has 1 aromatic carbocycles. The van der Waals surface area contributed by atoms with Crippen LogP contribution in [0, 0.1) is 6.92 Å². The van der Waals surface area contributed by atoms with Gasteiger partial charge in [-0.25, -0.2) is 0 Å². The van der Waals surface area contributed by atoms with Gasteiger partial charge in [0.15, 0.2) is 5.76 Å². The van der Waals surface area contributed by atoms with Crippen molar-refractivity contribution in [2.45, 2.75) is 45.4 Å². The van der Waals surface area contributed by atoms with E-state index in [1.165, 1.54) is 5.56 Å². The third-order valence-corrected chi connectivity index (χ3v) is 4.77. The Labute approximate surface area is 142 Å². The fourth-order valence-corrected chi connectivity index (χ4v) is 3.36. The van der Waals surface area contributed by atoms with E-state index in [0.29, 0.717) is 22.9 Å². The van der Waals surface area contributed by atoms with Gasteiger partial charge in [-0.15, -0.1) is 0 Å². The maximum Gasteiger partial charge on any atom is 0.259 e. The number of carbonyl (C=O) groups is 1. The van der Waals surface area contributed by atoms with Gasteiger partial charge in [0, 0.05) is 19.0 Å². The van der Waals surface area contributed by atoms with Crippen molar-refractivity contribution in [1.29, 1.82) is 0 Å². The van der Waals surface area contributed by atoms with Crippen LogP contribution in [0.25, 0.3) is 0 Å². The lowest BCUT2D eigenvalue weighted by molar-refractivity contribution is 0.0709. The van der Waals surface area contributed by atoms with Crippen molar-refractivity contribution in [1.82, 2.24) is 10.1 Å². The van der Waals surface area contributed by atoms with Gasteiger partial charge < -0.3 is 14.5 Å². The van der Waals surface area contributed by atoms with E-state index in [2.05, 4.69) is 5.16 Å². The largest absolute Gasteiger partial charge is 0.508 e. The Bertz CT molecular complexity index is 711. The lowest BCUT2D eigenvalue weighted by atomic mass is 9.89. The monoisotopic (exact) mass is 328 g/mol. The summed E-state index contributed by atoms with van der Waals surface area (Å²) in [6.45, 7) is 7.30. The molecule has 0 saturated carbocycles. The Balaban J connectivity index is 1.69. The Kier molecular flexibility index (Phi) is 4.60. The lowest BCUT2D eigenvalue weighted by Crippen LogP contribution is -2.38. The highest BCUT2D eigenvalue weighted by atomic mass is 16.5. The molecule has 1 N–H and O–H groups in total. The highest BCUT2D eigenvalue weighted by molar-refractivity contribution is 5.96. The molecule has 0 unspecified atom stereocenters. The zero-order valence-electron chi connectivity index (χ0n) is 14.5. The smallest absolute Gasteiger partial charge is 0.259 e. The number of aryl methyl sites for hydroxylation is 1. The van der Waals surface area contributed by atoms with Crippen LogP contribution in [0.15, 0.2) is 28.8 Å². The number of likely N-dealkylation sites (tertiary alicyclic amines) is 1. The van der Waals surface area contributed by atoms with Crippen molar-refractivity contribution in [3.8, 4) is 5.75 Å². The minimum Gasteiger partial charge on any atom is -0.508 e. The summed E-state index contributed by atoms with van der Waals surface area (Å²) in [5.41, 5.74) is 2.53. The van der Waals surface area contributed by atoms with Gasteiger partial charge in [0.2, 0.25) is 0 Å². The van der Waals surface area contributed by atoms with Crippen LogP contribution in [0.3, 0.4) is 0 Å². The van der Waals surface area contributed by atoms with Gasteiger partial charge in [0.25, 0.3) is 5.91 Å². The van der Waals surface area contributed by atoms with E-state index in [4.69, 9.17) is 4.52 Å². The van der Waals surface area contributed by atoms with E-state index in [1.54, 1.807) is 12.1 Å². The number of amides is 1. The molecule has 0 radical (unpaired) electrons. The van der Waals surface area contributed by atoms with Crippen LogP contribution in [0.5, 0.6) is 5.75 Å².